The molecule has 0 spiro atoms. The lowest BCUT2D eigenvalue weighted by atomic mass is 10.1. The molecule has 0 aliphatic carbocycles. The molecule has 2 atom stereocenters. The third kappa shape index (κ3) is 11.4. The molecule has 0 radical (unpaired) electrons. The van der Waals surface area contributed by atoms with E-state index >= 15 is 0 Å². The van der Waals surface area contributed by atoms with E-state index in [1.165, 1.54) is 0 Å². The molecule has 38 heavy (non-hydrogen) atoms. The van der Waals surface area contributed by atoms with Crippen LogP contribution in [0.25, 0.3) is 0 Å². The van der Waals surface area contributed by atoms with E-state index in [2.05, 4.69) is 15.6 Å². The maximum atomic E-state index is 13.3. The highest BCUT2D eigenvalue weighted by molar-refractivity contribution is 8.00. The molecule has 0 aliphatic heterocycles. The van der Waals surface area contributed by atoms with Crippen molar-refractivity contribution in [2.24, 2.45) is 0 Å². The highest BCUT2D eigenvalue weighted by Crippen LogP contribution is 2.20. The Morgan fingerprint density at radius 1 is 0.895 bits per heavy atom. The van der Waals surface area contributed by atoms with Crippen LogP contribution in [0.1, 0.15) is 43.9 Å². The zero-order chi connectivity index (χ0) is 27.2. The SMILES string of the molecule is CC(C)(C)OC(=O)N[C@@H](CS[C@H](Cc1ccccc1)C(=O)NCCCc1cccnc1)Cc1ccccc1. The topological polar surface area (TPSA) is 80.3 Å². The van der Waals surface area contributed by atoms with Gasteiger partial charge in [0, 0.05) is 30.7 Å². The van der Waals surface area contributed by atoms with Gasteiger partial charge >= 0.3 is 6.09 Å². The molecule has 2 amide bonds. The molecule has 0 unspecified atom stereocenters. The highest BCUT2D eigenvalue weighted by Gasteiger charge is 2.24. The molecule has 1 aromatic heterocycles. The molecular formula is C31H39N3O3S. The van der Waals surface area contributed by atoms with E-state index in [-0.39, 0.29) is 17.2 Å². The number of benzene rings is 2. The molecule has 202 valence electrons. The fraction of sp³-hybridized carbons (Fsp3) is 0.387. The Kier molecular flexibility index (Phi) is 11.7. The van der Waals surface area contributed by atoms with Crippen molar-refractivity contribution in [3.05, 3.63) is 102 Å². The molecule has 6 nitrogen and oxygen atoms in total. The molecule has 3 rings (SSSR count). The average Bonchev–Trinajstić information content (AvgIpc) is 2.89. The van der Waals surface area contributed by atoms with Gasteiger partial charge in [-0.3, -0.25) is 9.78 Å². The van der Waals surface area contributed by atoms with Gasteiger partial charge < -0.3 is 15.4 Å². The minimum Gasteiger partial charge on any atom is -0.444 e. The quantitative estimate of drug-likeness (QED) is 0.279. The zero-order valence-corrected chi connectivity index (χ0v) is 23.4. The molecule has 3 aromatic rings. The molecule has 0 saturated heterocycles. The van der Waals surface area contributed by atoms with Crippen LogP contribution in [-0.2, 0) is 28.8 Å². The predicted octanol–water partition coefficient (Wildman–Crippen LogP) is 5.61. The summed E-state index contributed by atoms with van der Waals surface area (Å²) in [5, 5.41) is 5.87. The van der Waals surface area contributed by atoms with Crippen LogP contribution >= 0.6 is 11.8 Å². The Labute approximate surface area is 231 Å². The van der Waals surface area contributed by atoms with Gasteiger partial charge in [-0.05, 0) is 69.2 Å². The second-order valence-electron chi connectivity index (χ2n) is 10.3. The summed E-state index contributed by atoms with van der Waals surface area (Å²) in [5.41, 5.74) is 2.80. The number of rotatable bonds is 13. The second kappa shape index (κ2) is 15.2. The van der Waals surface area contributed by atoms with Gasteiger partial charge in [0.25, 0.3) is 0 Å². The monoisotopic (exact) mass is 533 g/mol. The fourth-order valence-corrected chi connectivity index (χ4v) is 5.19. The van der Waals surface area contributed by atoms with Gasteiger partial charge in [-0.2, -0.15) is 0 Å². The van der Waals surface area contributed by atoms with Crippen LogP contribution in [0.5, 0.6) is 0 Å². The molecule has 2 N–H and O–H groups in total. The van der Waals surface area contributed by atoms with Crippen LogP contribution in [0.4, 0.5) is 4.79 Å². The third-order valence-electron chi connectivity index (χ3n) is 5.76. The lowest BCUT2D eigenvalue weighted by molar-refractivity contribution is -0.120. The number of nitrogens with one attached hydrogen (secondary N) is 2. The maximum Gasteiger partial charge on any atom is 0.407 e. The van der Waals surface area contributed by atoms with E-state index in [0.717, 1.165) is 29.5 Å². The lowest BCUT2D eigenvalue weighted by Gasteiger charge is -2.25. The van der Waals surface area contributed by atoms with Gasteiger partial charge in [0.2, 0.25) is 5.91 Å². The molecule has 7 heteroatoms. The van der Waals surface area contributed by atoms with Gasteiger partial charge in [-0.1, -0.05) is 66.7 Å². The first-order valence-corrected chi connectivity index (χ1v) is 14.2. The van der Waals surface area contributed by atoms with E-state index in [0.29, 0.717) is 25.1 Å². The molecule has 0 saturated carbocycles. The molecule has 0 aliphatic rings. The Morgan fingerprint density at radius 3 is 2.13 bits per heavy atom. The summed E-state index contributed by atoms with van der Waals surface area (Å²) in [6.45, 7) is 6.15. The van der Waals surface area contributed by atoms with Crippen molar-refractivity contribution < 1.29 is 14.3 Å². The highest BCUT2D eigenvalue weighted by atomic mass is 32.2. The van der Waals surface area contributed by atoms with E-state index in [1.807, 2.05) is 99.8 Å². The largest absolute Gasteiger partial charge is 0.444 e. The van der Waals surface area contributed by atoms with Crippen molar-refractivity contribution in [3.63, 3.8) is 0 Å². The summed E-state index contributed by atoms with van der Waals surface area (Å²) in [6, 6.07) is 23.9. The number of nitrogens with zero attached hydrogens (tertiary/aromatic N) is 1. The minimum atomic E-state index is -0.583. The standard InChI is InChI=1S/C31H39N3O3S/c1-31(2,3)37-30(36)34-27(20-24-12-6-4-7-13-24)23-38-28(21-25-14-8-5-9-15-25)29(35)33-19-11-17-26-16-10-18-32-22-26/h4-10,12-16,18,22,27-28H,11,17,19-21,23H2,1-3H3,(H,33,35)(H,34,36)/t27-,28-/m1/s1. The van der Waals surface area contributed by atoms with Crippen molar-refractivity contribution in [2.75, 3.05) is 12.3 Å². The van der Waals surface area contributed by atoms with Crippen LogP contribution in [0.2, 0.25) is 0 Å². The average molecular weight is 534 g/mol. The lowest BCUT2D eigenvalue weighted by Crippen LogP contribution is -2.43. The van der Waals surface area contributed by atoms with Gasteiger partial charge in [-0.25, -0.2) is 4.79 Å². The van der Waals surface area contributed by atoms with Crippen LogP contribution in [0.15, 0.2) is 85.2 Å². The molecule has 0 bridgehead atoms. The Morgan fingerprint density at radius 2 is 1.53 bits per heavy atom. The number of hydrogen-bond donors (Lipinski definition) is 2. The summed E-state index contributed by atoms with van der Waals surface area (Å²) in [6.07, 6.45) is 6.15. The van der Waals surface area contributed by atoms with E-state index in [4.69, 9.17) is 4.74 Å². The zero-order valence-electron chi connectivity index (χ0n) is 22.6. The Bertz CT molecular complexity index is 1110. The number of carbonyl (C=O) groups excluding carboxylic acids is 2. The molecule has 0 fully saturated rings. The first kappa shape index (κ1) is 29.2. The molecular weight excluding hydrogens is 494 g/mol. The predicted molar refractivity (Wildman–Crippen MR) is 155 cm³/mol. The number of thioether (sulfide) groups is 1. The van der Waals surface area contributed by atoms with Crippen LogP contribution in [0.3, 0.4) is 0 Å². The van der Waals surface area contributed by atoms with Crippen molar-refractivity contribution in [2.45, 2.75) is 63.3 Å². The number of aromatic nitrogens is 1. The summed E-state index contributed by atoms with van der Waals surface area (Å²) >= 11 is 1.57. The number of alkyl carbamates (subject to hydrolysis) is 1. The number of carbonyl (C=O) groups is 2. The van der Waals surface area contributed by atoms with Crippen molar-refractivity contribution in [3.8, 4) is 0 Å². The number of ether oxygens (including phenoxy) is 1. The van der Waals surface area contributed by atoms with Crippen molar-refractivity contribution >= 4 is 23.8 Å². The fourth-order valence-electron chi connectivity index (χ4n) is 3.98. The van der Waals surface area contributed by atoms with Crippen molar-refractivity contribution in [1.29, 1.82) is 0 Å². The van der Waals surface area contributed by atoms with Crippen LogP contribution in [0, 0.1) is 0 Å². The second-order valence-corrected chi connectivity index (χ2v) is 11.5. The van der Waals surface area contributed by atoms with E-state index < -0.39 is 11.7 Å². The van der Waals surface area contributed by atoms with Crippen molar-refractivity contribution in [1.82, 2.24) is 15.6 Å². The van der Waals surface area contributed by atoms with Gasteiger partial charge in [0.15, 0.2) is 0 Å². The molecule has 2 aromatic carbocycles. The Balaban J connectivity index is 1.63. The summed E-state index contributed by atoms with van der Waals surface area (Å²) in [7, 11) is 0. The van der Waals surface area contributed by atoms with Gasteiger partial charge in [0.05, 0.1) is 5.25 Å². The smallest absolute Gasteiger partial charge is 0.407 e. The summed E-state index contributed by atoms with van der Waals surface area (Å²) < 4.78 is 5.51. The first-order chi connectivity index (χ1) is 18.3. The van der Waals surface area contributed by atoms with Gasteiger partial charge in [0.1, 0.15) is 5.60 Å². The number of amides is 2. The molecule has 1 heterocycles. The van der Waals surface area contributed by atoms with E-state index in [9.17, 15) is 9.59 Å². The minimum absolute atomic E-state index is 0.0146. The van der Waals surface area contributed by atoms with E-state index in [1.54, 1.807) is 18.0 Å². The number of aryl methyl sites for hydroxylation is 1. The summed E-state index contributed by atoms with van der Waals surface area (Å²) in [4.78, 5) is 30.0. The third-order valence-corrected chi connectivity index (χ3v) is 7.14. The normalized spacial score (nSPS) is 12.8. The summed E-state index contributed by atoms with van der Waals surface area (Å²) in [5.74, 6) is 0.593. The Hall–Kier alpha value is -3.32. The van der Waals surface area contributed by atoms with Crippen LogP contribution in [-0.4, -0.2) is 46.2 Å². The maximum absolute atomic E-state index is 13.3. The number of pyridine rings is 1. The van der Waals surface area contributed by atoms with Gasteiger partial charge in [-0.15, -0.1) is 11.8 Å². The first-order valence-electron chi connectivity index (χ1n) is 13.1. The number of hydrogen-bond acceptors (Lipinski definition) is 5. The van der Waals surface area contributed by atoms with Crippen LogP contribution < -0.4 is 10.6 Å².